The Kier molecular flexibility index (Phi) is 6.90. The number of allylic oxidation sites excluding steroid dienone is 1. The van der Waals surface area contributed by atoms with E-state index in [-0.39, 0.29) is 11.7 Å². The van der Waals surface area contributed by atoms with Gasteiger partial charge in [0.2, 0.25) is 5.95 Å². The molecule has 6 heteroatoms. The van der Waals surface area contributed by atoms with Crippen LogP contribution < -0.4 is 10.6 Å². The van der Waals surface area contributed by atoms with Gasteiger partial charge in [0, 0.05) is 25.5 Å². The van der Waals surface area contributed by atoms with E-state index in [9.17, 15) is 9.18 Å². The van der Waals surface area contributed by atoms with Gasteiger partial charge in [0.05, 0.1) is 5.56 Å². The van der Waals surface area contributed by atoms with E-state index >= 15 is 0 Å². The van der Waals surface area contributed by atoms with Crippen LogP contribution in [0.15, 0.2) is 48.3 Å². The van der Waals surface area contributed by atoms with Gasteiger partial charge in [-0.1, -0.05) is 29.8 Å². The first-order valence-corrected chi connectivity index (χ1v) is 9.48. The molecule has 0 bridgehead atoms. The summed E-state index contributed by atoms with van der Waals surface area (Å²) in [6, 6.07) is 6.69. The zero-order valence-corrected chi connectivity index (χ0v) is 15.4. The highest BCUT2D eigenvalue weighted by Gasteiger charge is 2.08. The smallest absolute Gasteiger partial charge is 0.254 e. The molecule has 0 unspecified atom stereocenters. The van der Waals surface area contributed by atoms with Gasteiger partial charge >= 0.3 is 0 Å². The number of benzene rings is 1. The molecule has 0 saturated heterocycles. The predicted octanol–water partition coefficient (Wildman–Crippen LogP) is 3.89. The van der Waals surface area contributed by atoms with Crippen LogP contribution in [0.3, 0.4) is 0 Å². The fraction of sp³-hybridized carbons (Fsp3) is 0.381. The minimum Gasteiger partial charge on any atom is -0.354 e. The van der Waals surface area contributed by atoms with E-state index in [1.165, 1.54) is 36.9 Å². The molecule has 1 aromatic heterocycles. The van der Waals surface area contributed by atoms with E-state index in [1.807, 2.05) is 6.07 Å². The van der Waals surface area contributed by atoms with E-state index < -0.39 is 0 Å². The Morgan fingerprint density at radius 3 is 2.63 bits per heavy atom. The first-order chi connectivity index (χ1) is 13.2. The molecule has 2 aromatic rings. The maximum absolute atomic E-state index is 13.6. The summed E-state index contributed by atoms with van der Waals surface area (Å²) >= 11 is 0. The first kappa shape index (κ1) is 19.0. The molecule has 0 saturated carbocycles. The van der Waals surface area contributed by atoms with Crippen molar-refractivity contribution in [2.24, 2.45) is 0 Å². The number of halogens is 1. The monoisotopic (exact) mass is 368 g/mol. The van der Waals surface area contributed by atoms with E-state index in [0.29, 0.717) is 36.6 Å². The second-order valence-electron chi connectivity index (χ2n) is 6.68. The molecule has 0 spiro atoms. The molecule has 0 atom stereocenters. The van der Waals surface area contributed by atoms with Gasteiger partial charge in [-0.15, -0.1) is 0 Å². The summed E-state index contributed by atoms with van der Waals surface area (Å²) in [4.78, 5) is 20.5. The van der Waals surface area contributed by atoms with Crippen molar-refractivity contribution in [3.8, 4) is 0 Å². The Labute approximate surface area is 159 Å². The normalized spacial score (nSPS) is 13.7. The summed E-state index contributed by atoms with van der Waals surface area (Å²) in [5.41, 5.74) is 2.52. The van der Waals surface area contributed by atoms with Crippen molar-refractivity contribution in [3.05, 3.63) is 65.3 Å². The standard InChI is InChI=1S/C21H25FN4O/c22-19-9-5-4-8-17(19)11-13-24-21-25-14-18(15-26-21)20(27)23-12-10-16-6-2-1-3-7-16/h4-6,8-9,14-15H,1-3,7,10-13H2,(H,23,27)(H,24,25,26). The van der Waals surface area contributed by atoms with Crippen LogP contribution in [-0.4, -0.2) is 29.0 Å². The van der Waals surface area contributed by atoms with E-state index in [0.717, 1.165) is 19.3 Å². The Morgan fingerprint density at radius 2 is 1.89 bits per heavy atom. The summed E-state index contributed by atoms with van der Waals surface area (Å²) in [6.45, 7) is 1.15. The maximum atomic E-state index is 13.6. The van der Waals surface area contributed by atoms with Crippen LogP contribution in [0.5, 0.6) is 0 Å². The number of rotatable bonds is 8. The number of carbonyl (C=O) groups excluding carboxylic acids is 1. The van der Waals surface area contributed by atoms with Crippen molar-refractivity contribution in [2.75, 3.05) is 18.4 Å². The summed E-state index contributed by atoms with van der Waals surface area (Å²) in [6.07, 6.45) is 11.6. The third kappa shape index (κ3) is 5.88. The number of hydrogen-bond donors (Lipinski definition) is 2. The topological polar surface area (TPSA) is 66.9 Å². The van der Waals surface area contributed by atoms with Crippen molar-refractivity contribution in [1.29, 1.82) is 0 Å². The fourth-order valence-electron chi connectivity index (χ4n) is 3.12. The molecular weight excluding hydrogens is 343 g/mol. The molecule has 1 amide bonds. The molecule has 1 aliphatic rings. The minimum atomic E-state index is -0.212. The van der Waals surface area contributed by atoms with E-state index in [2.05, 4.69) is 26.7 Å². The Bertz CT molecular complexity index is 789. The van der Waals surface area contributed by atoms with Gasteiger partial charge in [-0.25, -0.2) is 14.4 Å². The molecule has 1 heterocycles. The van der Waals surface area contributed by atoms with Crippen molar-refractivity contribution in [3.63, 3.8) is 0 Å². The molecule has 1 aromatic carbocycles. The zero-order valence-electron chi connectivity index (χ0n) is 15.4. The summed E-state index contributed by atoms with van der Waals surface area (Å²) < 4.78 is 13.6. The van der Waals surface area contributed by atoms with Crippen LogP contribution in [0, 0.1) is 5.82 Å². The van der Waals surface area contributed by atoms with Crippen LogP contribution >= 0.6 is 0 Å². The highest BCUT2D eigenvalue weighted by Crippen LogP contribution is 2.19. The highest BCUT2D eigenvalue weighted by atomic mass is 19.1. The number of nitrogens with one attached hydrogen (secondary N) is 2. The van der Waals surface area contributed by atoms with Gasteiger partial charge in [-0.2, -0.15) is 0 Å². The van der Waals surface area contributed by atoms with Crippen LogP contribution in [0.1, 0.15) is 48.0 Å². The third-order valence-electron chi connectivity index (χ3n) is 4.67. The summed E-state index contributed by atoms with van der Waals surface area (Å²) in [7, 11) is 0. The number of nitrogens with zero attached hydrogens (tertiary/aromatic N) is 2. The largest absolute Gasteiger partial charge is 0.354 e. The van der Waals surface area contributed by atoms with Gasteiger partial charge < -0.3 is 10.6 Å². The first-order valence-electron chi connectivity index (χ1n) is 9.48. The van der Waals surface area contributed by atoms with Crippen LogP contribution in [-0.2, 0) is 6.42 Å². The Hall–Kier alpha value is -2.76. The highest BCUT2D eigenvalue weighted by molar-refractivity contribution is 5.93. The van der Waals surface area contributed by atoms with Crippen LogP contribution in [0.4, 0.5) is 10.3 Å². The van der Waals surface area contributed by atoms with Gasteiger partial charge in [-0.3, -0.25) is 4.79 Å². The lowest BCUT2D eigenvalue weighted by atomic mass is 9.97. The third-order valence-corrected chi connectivity index (χ3v) is 4.67. The average molecular weight is 368 g/mol. The predicted molar refractivity (Wildman–Crippen MR) is 104 cm³/mol. The molecule has 1 aliphatic carbocycles. The van der Waals surface area contributed by atoms with Crippen LogP contribution in [0.2, 0.25) is 0 Å². The quantitative estimate of drug-likeness (QED) is 0.694. The zero-order chi connectivity index (χ0) is 18.9. The van der Waals surface area contributed by atoms with Gasteiger partial charge in [0.1, 0.15) is 5.82 Å². The summed E-state index contributed by atoms with van der Waals surface area (Å²) in [5, 5.41) is 5.96. The average Bonchev–Trinajstić information content (AvgIpc) is 2.71. The molecule has 0 aliphatic heterocycles. The molecule has 27 heavy (non-hydrogen) atoms. The Morgan fingerprint density at radius 1 is 1.07 bits per heavy atom. The lowest BCUT2D eigenvalue weighted by Gasteiger charge is -2.13. The molecule has 0 radical (unpaired) electrons. The van der Waals surface area contributed by atoms with Crippen molar-refractivity contribution >= 4 is 11.9 Å². The molecule has 3 rings (SSSR count). The summed E-state index contributed by atoms with van der Waals surface area (Å²) in [5.74, 6) is 0.0517. The molecule has 142 valence electrons. The van der Waals surface area contributed by atoms with Gasteiger partial charge in [0.15, 0.2) is 0 Å². The van der Waals surface area contributed by atoms with Gasteiger partial charge in [-0.05, 0) is 50.2 Å². The van der Waals surface area contributed by atoms with Crippen molar-refractivity contribution in [2.45, 2.75) is 38.5 Å². The van der Waals surface area contributed by atoms with Crippen LogP contribution in [0.25, 0.3) is 0 Å². The number of aromatic nitrogens is 2. The fourth-order valence-corrected chi connectivity index (χ4v) is 3.12. The molecular formula is C21H25FN4O. The van der Waals surface area contributed by atoms with E-state index in [4.69, 9.17) is 0 Å². The second kappa shape index (κ2) is 9.80. The number of hydrogen-bond acceptors (Lipinski definition) is 4. The van der Waals surface area contributed by atoms with E-state index in [1.54, 1.807) is 12.1 Å². The number of amides is 1. The van der Waals surface area contributed by atoms with Crippen molar-refractivity contribution < 1.29 is 9.18 Å². The lowest BCUT2D eigenvalue weighted by Crippen LogP contribution is -2.25. The second-order valence-corrected chi connectivity index (χ2v) is 6.68. The molecule has 0 fully saturated rings. The molecule has 2 N–H and O–H groups in total. The minimum absolute atomic E-state index is 0.163. The molecule has 5 nitrogen and oxygen atoms in total. The lowest BCUT2D eigenvalue weighted by molar-refractivity contribution is 0.0953. The number of anilines is 1. The SMILES string of the molecule is O=C(NCCC1=CCCCC1)c1cnc(NCCc2ccccc2F)nc1. The van der Waals surface area contributed by atoms with Gasteiger partial charge in [0.25, 0.3) is 5.91 Å². The number of carbonyl (C=O) groups is 1. The Balaban J connectivity index is 1.41. The maximum Gasteiger partial charge on any atom is 0.254 e. The van der Waals surface area contributed by atoms with Crippen molar-refractivity contribution in [1.82, 2.24) is 15.3 Å².